The Labute approximate surface area is 156 Å². The van der Waals surface area contributed by atoms with Crippen LogP contribution in [0.4, 0.5) is 9.93 Å². The maximum absolute atomic E-state index is 12.5. The second-order valence-corrected chi connectivity index (χ2v) is 7.54. The van der Waals surface area contributed by atoms with Crippen molar-refractivity contribution < 1.29 is 14.3 Å². The summed E-state index contributed by atoms with van der Waals surface area (Å²) in [6.45, 7) is 3.77. The Morgan fingerprint density at radius 1 is 1.35 bits per heavy atom. The average molecular weight is 376 g/mol. The molecule has 2 heterocycles. The summed E-state index contributed by atoms with van der Waals surface area (Å²) in [6, 6.07) is 5.73. The van der Waals surface area contributed by atoms with Crippen LogP contribution < -0.4 is 10.1 Å². The van der Waals surface area contributed by atoms with Crippen molar-refractivity contribution in [3.63, 3.8) is 0 Å². The molecule has 1 aromatic heterocycles. The SMILES string of the molecule is CCOc1ccc2nc(NC(=O)C3CCN(C(=O)N(C)C)CC3)sc2c1. The molecule has 1 aliphatic heterocycles. The van der Waals surface area contributed by atoms with Crippen LogP contribution in [0.25, 0.3) is 10.2 Å². The zero-order chi connectivity index (χ0) is 18.7. The number of carbonyl (C=O) groups excluding carboxylic acids is 2. The number of hydrogen-bond acceptors (Lipinski definition) is 5. The summed E-state index contributed by atoms with van der Waals surface area (Å²) in [7, 11) is 3.48. The summed E-state index contributed by atoms with van der Waals surface area (Å²) in [4.78, 5) is 32.3. The Kier molecular flexibility index (Phi) is 5.61. The Balaban J connectivity index is 1.60. The smallest absolute Gasteiger partial charge is 0.319 e. The van der Waals surface area contributed by atoms with Gasteiger partial charge in [0.1, 0.15) is 5.75 Å². The van der Waals surface area contributed by atoms with Gasteiger partial charge in [0.05, 0.1) is 16.8 Å². The number of nitrogens with zero attached hydrogens (tertiary/aromatic N) is 3. The van der Waals surface area contributed by atoms with E-state index in [1.165, 1.54) is 11.3 Å². The maximum Gasteiger partial charge on any atom is 0.319 e. The van der Waals surface area contributed by atoms with Crippen LogP contribution in [0.5, 0.6) is 5.75 Å². The van der Waals surface area contributed by atoms with Gasteiger partial charge in [0.15, 0.2) is 5.13 Å². The van der Waals surface area contributed by atoms with E-state index in [2.05, 4.69) is 10.3 Å². The number of fused-ring (bicyclic) bond motifs is 1. The maximum atomic E-state index is 12.5. The average Bonchev–Trinajstić information content (AvgIpc) is 3.02. The summed E-state index contributed by atoms with van der Waals surface area (Å²) in [5.74, 6) is 0.692. The van der Waals surface area contributed by atoms with Gasteiger partial charge in [-0.25, -0.2) is 9.78 Å². The van der Waals surface area contributed by atoms with Crippen molar-refractivity contribution in [2.24, 2.45) is 5.92 Å². The number of hydrogen-bond donors (Lipinski definition) is 1. The number of thiazole rings is 1. The molecule has 0 bridgehead atoms. The van der Waals surface area contributed by atoms with Gasteiger partial charge in [-0.05, 0) is 38.0 Å². The van der Waals surface area contributed by atoms with E-state index in [1.54, 1.807) is 23.9 Å². The van der Waals surface area contributed by atoms with Crippen LogP contribution in [-0.4, -0.2) is 60.5 Å². The number of benzene rings is 1. The third-order valence-electron chi connectivity index (χ3n) is 4.42. The lowest BCUT2D eigenvalue weighted by atomic mass is 9.96. The highest BCUT2D eigenvalue weighted by molar-refractivity contribution is 7.22. The molecule has 1 aromatic carbocycles. The predicted octanol–water partition coefficient (Wildman–Crippen LogP) is 3.03. The summed E-state index contributed by atoms with van der Waals surface area (Å²) < 4.78 is 6.49. The van der Waals surface area contributed by atoms with Gasteiger partial charge in [-0.1, -0.05) is 11.3 Å². The number of amides is 3. The number of rotatable bonds is 4. The third-order valence-corrected chi connectivity index (χ3v) is 5.35. The molecular weight excluding hydrogens is 352 g/mol. The molecule has 1 aliphatic rings. The molecule has 0 saturated carbocycles. The first-order valence-electron chi connectivity index (χ1n) is 8.78. The fraction of sp³-hybridized carbons (Fsp3) is 0.500. The van der Waals surface area contributed by atoms with Crippen molar-refractivity contribution in [3.05, 3.63) is 18.2 Å². The Morgan fingerprint density at radius 3 is 2.73 bits per heavy atom. The molecule has 0 aliphatic carbocycles. The van der Waals surface area contributed by atoms with Crippen molar-refractivity contribution in [1.82, 2.24) is 14.8 Å². The van der Waals surface area contributed by atoms with Gasteiger partial charge in [0.2, 0.25) is 5.91 Å². The van der Waals surface area contributed by atoms with Gasteiger partial charge < -0.3 is 19.9 Å². The van der Waals surface area contributed by atoms with Gasteiger partial charge in [0, 0.05) is 33.1 Å². The number of ether oxygens (including phenoxy) is 1. The first kappa shape index (κ1) is 18.4. The van der Waals surface area contributed by atoms with E-state index in [1.807, 2.05) is 25.1 Å². The number of piperidine rings is 1. The van der Waals surface area contributed by atoms with Crippen LogP contribution in [0.3, 0.4) is 0 Å². The van der Waals surface area contributed by atoms with Crippen LogP contribution in [0.15, 0.2) is 18.2 Å². The van der Waals surface area contributed by atoms with Crippen molar-refractivity contribution in [3.8, 4) is 5.75 Å². The number of carbonyl (C=O) groups is 2. The monoisotopic (exact) mass is 376 g/mol. The highest BCUT2D eigenvalue weighted by Gasteiger charge is 2.28. The molecule has 140 valence electrons. The van der Waals surface area contributed by atoms with Gasteiger partial charge in [-0.3, -0.25) is 4.79 Å². The zero-order valence-corrected chi connectivity index (χ0v) is 16.1. The van der Waals surface area contributed by atoms with Gasteiger partial charge in [-0.15, -0.1) is 0 Å². The van der Waals surface area contributed by atoms with Crippen LogP contribution in [0.1, 0.15) is 19.8 Å². The molecule has 8 heteroatoms. The van der Waals surface area contributed by atoms with Crippen LogP contribution in [-0.2, 0) is 4.79 Å². The summed E-state index contributed by atoms with van der Waals surface area (Å²) in [6.07, 6.45) is 1.34. The van der Waals surface area contributed by atoms with Crippen molar-refractivity contribution in [2.75, 3.05) is 39.1 Å². The highest BCUT2D eigenvalue weighted by Crippen LogP contribution is 2.30. The van der Waals surface area contributed by atoms with Crippen LogP contribution >= 0.6 is 11.3 Å². The van der Waals surface area contributed by atoms with E-state index < -0.39 is 0 Å². The number of anilines is 1. The minimum absolute atomic E-state index is 0.000124. The summed E-state index contributed by atoms with van der Waals surface area (Å²) in [5, 5.41) is 3.54. The number of likely N-dealkylation sites (tertiary alicyclic amines) is 1. The summed E-state index contributed by atoms with van der Waals surface area (Å²) in [5.41, 5.74) is 0.847. The molecule has 1 saturated heterocycles. The summed E-state index contributed by atoms with van der Waals surface area (Å²) >= 11 is 1.44. The largest absolute Gasteiger partial charge is 0.494 e. The predicted molar refractivity (Wildman–Crippen MR) is 103 cm³/mol. The number of nitrogens with one attached hydrogen (secondary N) is 1. The number of urea groups is 1. The fourth-order valence-electron chi connectivity index (χ4n) is 3.04. The van der Waals surface area contributed by atoms with Crippen molar-refractivity contribution >= 4 is 38.6 Å². The van der Waals surface area contributed by atoms with Gasteiger partial charge in [0.25, 0.3) is 0 Å². The second kappa shape index (κ2) is 7.90. The Bertz CT molecular complexity index is 797. The van der Waals surface area contributed by atoms with E-state index in [4.69, 9.17) is 4.74 Å². The van der Waals surface area contributed by atoms with E-state index >= 15 is 0 Å². The molecule has 0 radical (unpaired) electrons. The lowest BCUT2D eigenvalue weighted by Gasteiger charge is -2.32. The quantitative estimate of drug-likeness (QED) is 0.890. The first-order valence-corrected chi connectivity index (χ1v) is 9.60. The van der Waals surface area contributed by atoms with Crippen LogP contribution in [0.2, 0.25) is 0 Å². The first-order chi connectivity index (χ1) is 12.5. The van der Waals surface area contributed by atoms with Crippen molar-refractivity contribution in [2.45, 2.75) is 19.8 Å². The van der Waals surface area contributed by atoms with Gasteiger partial charge in [-0.2, -0.15) is 0 Å². The standard InChI is InChI=1S/C18H24N4O3S/c1-4-25-13-5-6-14-15(11-13)26-17(19-14)20-16(23)12-7-9-22(10-8-12)18(24)21(2)3/h5-6,11-12H,4,7-10H2,1-3H3,(H,19,20,23). The topological polar surface area (TPSA) is 74.8 Å². The highest BCUT2D eigenvalue weighted by atomic mass is 32.1. The zero-order valence-electron chi connectivity index (χ0n) is 15.3. The molecule has 0 unspecified atom stereocenters. The molecule has 0 atom stereocenters. The normalized spacial score (nSPS) is 15.1. The molecule has 0 spiro atoms. The minimum Gasteiger partial charge on any atom is -0.494 e. The second-order valence-electron chi connectivity index (χ2n) is 6.51. The molecule has 7 nitrogen and oxygen atoms in total. The fourth-order valence-corrected chi connectivity index (χ4v) is 3.94. The molecule has 2 aromatic rings. The van der Waals surface area contributed by atoms with E-state index in [-0.39, 0.29) is 17.9 Å². The molecule has 1 N–H and O–H groups in total. The Hall–Kier alpha value is -2.35. The molecule has 26 heavy (non-hydrogen) atoms. The van der Waals surface area contributed by atoms with Gasteiger partial charge >= 0.3 is 6.03 Å². The minimum atomic E-state index is -0.0905. The van der Waals surface area contributed by atoms with E-state index in [9.17, 15) is 9.59 Å². The molecule has 3 amide bonds. The third kappa shape index (κ3) is 4.07. The lowest BCUT2D eigenvalue weighted by molar-refractivity contribution is -0.121. The van der Waals surface area contributed by atoms with Crippen LogP contribution in [0, 0.1) is 5.92 Å². The van der Waals surface area contributed by atoms with Crippen molar-refractivity contribution in [1.29, 1.82) is 0 Å². The van der Waals surface area contributed by atoms with E-state index in [0.29, 0.717) is 37.7 Å². The molecule has 3 rings (SSSR count). The Morgan fingerprint density at radius 2 is 2.08 bits per heavy atom. The molecule has 1 fully saturated rings. The number of aromatic nitrogens is 1. The lowest BCUT2D eigenvalue weighted by Crippen LogP contribution is -2.45. The van der Waals surface area contributed by atoms with E-state index in [0.717, 1.165) is 16.0 Å². The molecular formula is C18H24N4O3S.